The summed E-state index contributed by atoms with van der Waals surface area (Å²) in [7, 11) is 1.21. The van der Waals surface area contributed by atoms with Crippen molar-refractivity contribution >= 4 is 34.2 Å². The number of nitrogens with one attached hydrogen (secondary N) is 2. The van der Waals surface area contributed by atoms with Crippen molar-refractivity contribution in [3.05, 3.63) is 36.4 Å². The Bertz CT molecular complexity index is 816. The van der Waals surface area contributed by atoms with E-state index in [9.17, 15) is 19.5 Å². The fraction of sp³-hybridized carbons (Fsp3) is 0.278. The van der Waals surface area contributed by atoms with E-state index in [0.29, 0.717) is 16.5 Å². The van der Waals surface area contributed by atoms with Crippen molar-refractivity contribution in [3.8, 4) is 5.75 Å². The highest BCUT2D eigenvalue weighted by Crippen LogP contribution is 2.29. The minimum absolute atomic E-state index is 0.0728. The van der Waals surface area contributed by atoms with Crippen LogP contribution in [-0.2, 0) is 19.1 Å². The van der Waals surface area contributed by atoms with Crippen LogP contribution in [0.5, 0.6) is 5.75 Å². The molecule has 0 radical (unpaired) electrons. The molecule has 0 aromatic heterocycles. The monoisotopic (exact) mass is 344 g/mol. The largest absolute Gasteiger partial charge is 0.507 e. The van der Waals surface area contributed by atoms with Gasteiger partial charge in [0.05, 0.1) is 7.11 Å². The van der Waals surface area contributed by atoms with Gasteiger partial charge >= 0.3 is 17.8 Å². The van der Waals surface area contributed by atoms with Gasteiger partial charge in [-0.15, -0.1) is 0 Å². The third kappa shape index (κ3) is 4.06. The summed E-state index contributed by atoms with van der Waals surface area (Å²) in [6.07, 6.45) is 0. The zero-order valence-electron chi connectivity index (χ0n) is 14.2. The fourth-order valence-corrected chi connectivity index (χ4v) is 2.41. The molecule has 2 amide bonds. The molecule has 0 aliphatic heterocycles. The van der Waals surface area contributed by atoms with Gasteiger partial charge in [0, 0.05) is 16.5 Å². The molecule has 0 spiro atoms. The quantitative estimate of drug-likeness (QED) is 0.579. The van der Waals surface area contributed by atoms with Gasteiger partial charge in [-0.3, -0.25) is 9.59 Å². The van der Waals surface area contributed by atoms with Crippen LogP contribution >= 0.6 is 0 Å². The van der Waals surface area contributed by atoms with Gasteiger partial charge in [0.25, 0.3) is 0 Å². The predicted molar refractivity (Wildman–Crippen MR) is 93.0 cm³/mol. The number of carbonyl (C=O) groups is 3. The van der Waals surface area contributed by atoms with Crippen molar-refractivity contribution in [1.29, 1.82) is 0 Å². The molecule has 7 heteroatoms. The Hall–Kier alpha value is -3.09. The highest BCUT2D eigenvalue weighted by atomic mass is 16.5. The van der Waals surface area contributed by atoms with E-state index >= 15 is 0 Å². The lowest BCUT2D eigenvalue weighted by molar-refractivity contribution is -0.147. The number of rotatable bonds is 4. The first-order chi connectivity index (χ1) is 11.8. The molecule has 0 saturated heterocycles. The molecule has 132 valence electrons. The third-order valence-electron chi connectivity index (χ3n) is 3.76. The third-order valence-corrected chi connectivity index (χ3v) is 3.76. The molecule has 0 unspecified atom stereocenters. The number of hydrogen-bond acceptors (Lipinski definition) is 5. The molecule has 3 N–H and O–H groups in total. The maximum absolute atomic E-state index is 12.2. The second-order valence-corrected chi connectivity index (χ2v) is 5.85. The van der Waals surface area contributed by atoms with E-state index in [-0.39, 0.29) is 11.7 Å². The summed E-state index contributed by atoms with van der Waals surface area (Å²) in [6.45, 7) is 3.46. The Morgan fingerprint density at radius 1 is 1.00 bits per heavy atom. The summed E-state index contributed by atoms with van der Waals surface area (Å²) >= 11 is 0. The van der Waals surface area contributed by atoms with Gasteiger partial charge < -0.3 is 20.5 Å². The van der Waals surface area contributed by atoms with E-state index in [0.717, 1.165) is 0 Å². The van der Waals surface area contributed by atoms with Crippen LogP contribution in [0.2, 0.25) is 0 Å². The second-order valence-electron chi connectivity index (χ2n) is 5.85. The second kappa shape index (κ2) is 7.65. The number of esters is 1. The molecule has 0 aliphatic carbocycles. The molecular formula is C18H20N2O5. The highest BCUT2D eigenvalue weighted by Gasteiger charge is 2.27. The van der Waals surface area contributed by atoms with Crippen molar-refractivity contribution in [2.75, 3.05) is 12.4 Å². The zero-order chi connectivity index (χ0) is 18.6. The van der Waals surface area contributed by atoms with Crippen molar-refractivity contribution in [3.63, 3.8) is 0 Å². The Morgan fingerprint density at radius 2 is 1.64 bits per heavy atom. The Balaban J connectivity index is 2.18. The summed E-state index contributed by atoms with van der Waals surface area (Å²) in [5.74, 6) is -2.64. The molecule has 2 aromatic rings. The van der Waals surface area contributed by atoms with E-state index < -0.39 is 23.8 Å². The van der Waals surface area contributed by atoms with Gasteiger partial charge in [-0.25, -0.2) is 4.79 Å². The van der Waals surface area contributed by atoms with Crippen LogP contribution in [0.15, 0.2) is 36.4 Å². The summed E-state index contributed by atoms with van der Waals surface area (Å²) in [6, 6.07) is 8.94. The summed E-state index contributed by atoms with van der Waals surface area (Å²) in [4.78, 5) is 36.0. The minimum Gasteiger partial charge on any atom is -0.507 e. The molecule has 7 nitrogen and oxygen atoms in total. The van der Waals surface area contributed by atoms with Crippen molar-refractivity contribution in [2.45, 2.75) is 19.9 Å². The SMILES string of the molecule is COC(=O)[C@H](NC(=O)C(=O)Nc1cccc2c(O)cccc12)C(C)C. The van der Waals surface area contributed by atoms with Crippen LogP contribution in [-0.4, -0.2) is 36.0 Å². The molecule has 0 fully saturated rings. The van der Waals surface area contributed by atoms with Crippen LogP contribution in [0, 0.1) is 5.92 Å². The Kier molecular flexibility index (Phi) is 5.59. The van der Waals surface area contributed by atoms with E-state index in [1.165, 1.54) is 13.2 Å². The first kappa shape index (κ1) is 18.3. The standard InChI is InChI=1S/C18H20N2O5/c1-10(2)15(18(24)25-3)20-17(23)16(22)19-13-8-4-7-12-11(13)6-5-9-14(12)21/h4-10,15,21H,1-3H3,(H,19,22)(H,20,23)/t15-/m1/s1. The van der Waals surface area contributed by atoms with Crippen LogP contribution in [0.4, 0.5) is 5.69 Å². The van der Waals surface area contributed by atoms with Crippen LogP contribution in [0.25, 0.3) is 10.8 Å². The predicted octanol–water partition coefficient (Wildman–Crippen LogP) is 1.80. The molecule has 25 heavy (non-hydrogen) atoms. The summed E-state index contributed by atoms with van der Waals surface area (Å²) in [5.41, 5.74) is 0.382. The number of ether oxygens (including phenoxy) is 1. The number of hydrogen-bond donors (Lipinski definition) is 3. The van der Waals surface area contributed by atoms with Gasteiger partial charge in [-0.2, -0.15) is 0 Å². The summed E-state index contributed by atoms with van der Waals surface area (Å²) in [5, 5.41) is 15.9. The number of amides is 2. The lowest BCUT2D eigenvalue weighted by Gasteiger charge is -2.19. The molecule has 0 bridgehead atoms. The molecule has 0 aliphatic rings. The van der Waals surface area contributed by atoms with Gasteiger partial charge in [0.1, 0.15) is 11.8 Å². The lowest BCUT2D eigenvalue weighted by atomic mass is 10.0. The van der Waals surface area contributed by atoms with Gasteiger partial charge in [-0.05, 0) is 18.1 Å². The maximum atomic E-state index is 12.2. The highest BCUT2D eigenvalue weighted by molar-refractivity contribution is 6.40. The number of phenols is 1. The molecule has 0 saturated carbocycles. The van der Waals surface area contributed by atoms with Crippen LogP contribution < -0.4 is 10.6 Å². The van der Waals surface area contributed by atoms with E-state index in [2.05, 4.69) is 15.4 Å². The average Bonchev–Trinajstić information content (AvgIpc) is 2.59. The number of phenolic OH excluding ortho intramolecular Hbond substituents is 1. The number of carbonyl (C=O) groups excluding carboxylic acids is 3. The minimum atomic E-state index is -0.943. The molecule has 1 atom stereocenters. The zero-order valence-corrected chi connectivity index (χ0v) is 14.2. The van der Waals surface area contributed by atoms with Crippen molar-refractivity contribution < 1.29 is 24.2 Å². The molecule has 2 aromatic carbocycles. The van der Waals surface area contributed by atoms with Crippen LogP contribution in [0.1, 0.15) is 13.8 Å². The normalized spacial score (nSPS) is 11.8. The first-order valence-corrected chi connectivity index (χ1v) is 7.75. The average molecular weight is 344 g/mol. The maximum Gasteiger partial charge on any atom is 0.328 e. The Labute approximate surface area is 145 Å². The van der Waals surface area contributed by atoms with Crippen molar-refractivity contribution in [2.24, 2.45) is 5.92 Å². The topological polar surface area (TPSA) is 105 Å². The number of methoxy groups -OCH3 is 1. The molecule has 2 rings (SSSR count). The number of anilines is 1. The fourth-order valence-electron chi connectivity index (χ4n) is 2.41. The first-order valence-electron chi connectivity index (χ1n) is 7.75. The van der Waals surface area contributed by atoms with Crippen LogP contribution in [0.3, 0.4) is 0 Å². The van der Waals surface area contributed by atoms with E-state index in [1.54, 1.807) is 44.2 Å². The molecular weight excluding hydrogens is 324 g/mol. The van der Waals surface area contributed by atoms with E-state index in [1.807, 2.05) is 0 Å². The van der Waals surface area contributed by atoms with Crippen molar-refractivity contribution in [1.82, 2.24) is 5.32 Å². The van der Waals surface area contributed by atoms with Gasteiger partial charge in [0.15, 0.2) is 0 Å². The smallest absolute Gasteiger partial charge is 0.328 e. The number of aromatic hydroxyl groups is 1. The number of benzene rings is 2. The summed E-state index contributed by atoms with van der Waals surface area (Å²) < 4.78 is 4.63. The Morgan fingerprint density at radius 3 is 2.28 bits per heavy atom. The number of fused-ring (bicyclic) bond motifs is 1. The van der Waals surface area contributed by atoms with Gasteiger partial charge in [0.2, 0.25) is 0 Å². The molecule has 0 heterocycles. The lowest BCUT2D eigenvalue weighted by Crippen LogP contribution is -2.48. The van der Waals surface area contributed by atoms with E-state index in [4.69, 9.17) is 0 Å². The van der Waals surface area contributed by atoms with Gasteiger partial charge in [-0.1, -0.05) is 38.1 Å².